The number of anilines is 1. The SMILES string of the molecule is CC(CC(=O)Nc1ccc(F)c(CN)c1)C(C)(C)C. The number of hydrogen-bond donors (Lipinski definition) is 2. The molecule has 106 valence electrons. The number of carbonyl (C=O) groups is 1. The number of carbonyl (C=O) groups excluding carboxylic acids is 1. The smallest absolute Gasteiger partial charge is 0.224 e. The van der Waals surface area contributed by atoms with Crippen molar-refractivity contribution in [3.63, 3.8) is 0 Å². The maximum atomic E-state index is 13.3. The van der Waals surface area contributed by atoms with Crippen molar-refractivity contribution in [1.82, 2.24) is 0 Å². The predicted molar refractivity (Wildman–Crippen MR) is 76.2 cm³/mol. The second-order valence-corrected chi connectivity index (χ2v) is 6.03. The Bertz CT molecular complexity index is 452. The summed E-state index contributed by atoms with van der Waals surface area (Å²) in [5.41, 5.74) is 6.52. The second kappa shape index (κ2) is 6.15. The maximum Gasteiger partial charge on any atom is 0.224 e. The van der Waals surface area contributed by atoms with Crippen LogP contribution in [0.5, 0.6) is 0 Å². The monoisotopic (exact) mass is 266 g/mol. The average Bonchev–Trinajstić information content (AvgIpc) is 2.30. The van der Waals surface area contributed by atoms with Crippen molar-refractivity contribution in [1.29, 1.82) is 0 Å². The van der Waals surface area contributed by atoms with Crippen LogP contribution < -0.4 is 11.1 Å². The van der Waals surface area contributed by atoms with Gasteiger partial charge >= 0.3 is 0 Å². The molecule has 19 heavy (non-hydrogen) atoms. The number of amides is 1. The molecule has 0 aromatic heterocycles. The Hall–Kier alpha value is -1.42. The Labute approximate surface area is 114 Å². The zero-order valence-corrected chi connectivity index (χ0v) is 12.1. The number of nitrogens with two attached hydrogens (primary N) is 1. The number of benzene rings is 1. The highest BCUT2D eigenvalue weighted by atomic mass is 19.1. The first-order chi connectivity index (χ1) is 8.74. The quantitative estimate of drug-likeness (QED) is 0.878. The topological polar surface area (TPSA) is 55.1 Å². The van der Waals surface area contributed by atoms with Gasteiger partial charge in [0.25, 0.3) is 0 Å². The van der Waals surface area contributed by atoms with E-state index >= 15 is 0 Å². The first kappa shape index (κ1) is 15.6. The van der Waals surface area contributed by atoms with E-state index in [0.717, 1.165) is 0 Å². The fourth-order valence-corrected chi connectivity index (χ4v) is 1.61. The van der Waals surface area contributed by atoms with Gasteiger partial charge < -0.3 is 11.1 Å². The summed E-state index contributed by atoms with van der Waals surface area (Å²) in [5, 5.41) is 2.79. The van der Waals surface area contributed by atoms with Gasteiger partial charge in [-0.1, -0.05) is 27.7 Å². The number of rotatable bonds is 4. The van der Waals surface area contributed by atoms with Crippen LogP contribution in [0.1, 0.15) is 39.7 Å². The van der Waals surface area contributed by atoms with E-state index in [-0.39, 0.29) is 29.6 Å². The molecule has 0 aliphatic heterocycles. The molecule has 1 aromatic carbocycles. The highest BCUT2D eigenvalue weighted by Crippen LogP contribution is 2.28. The van der Waals surface area contributed by atoms with Crippen LogP contribution in [0, 0.1) is 17.2 Å². The Morgan fingerprint density at radius 3 is 2.58 bits per heavy atom. The zero-order chi connectivity index (χ0) is 14.6. The molecular formula is C15H23FN2O. The highest BCUT2D eigenvalue weighted by Gasteiger charge is 2.22. The molecule has 0 saturated carbocycles. The Kier molecular flexibility index (Phi) is 5.06. The lowest BCUT2D eigenvalue weighted by atomic mass is 9.80. The summed E-state index contributed by atoms with van der Waals surface area (Å²) in [4.78, 5) is 11.9. The van der Waals surface area contributed by atoms with E-state index < -0.39 is 0 Å². The fourth-order valence-electron chi connectivity index (χ4n) is 1.61. The van der Waals surface area contributed by atoms with Gasteiger partial charge in [0.15, 0.2) is 0 Å². The molecule has 0 aliphatic carbocycles. The third-order valence-electron chi connectivity index (χ3n) is 3.52. The molecule has 1 unspecified atom stereocenters. The molecule has 1 amide bonds. The van der Waals surface area contributed by atoms with Gasteiger partial charge in [-0.05, 0) is 29.5 Å². The minimum atomic E-state index is -0.344. The first-order valence-electron chi connectivity index (χ1n) is 6.52. The van der Waals surface area contributed by atoms with Crippen LogP contribution in [0.4, 0.5) is 10.1 Å². The standard InChI is InChI=1S/C15H23FN2O/c1-10(15(2,3)4)7-14(19)18-12-5-6-13(16)11(8-12)9-17/h5-6,8,10H,7,9,17H2,1-4H3,(H,18,19). The molecule has 1 aromatic rings. The summed E-state index contributed by atoms with van der Waals surface area (Å²) >= 11 is 0. The first-order valence-corrected chi connectivity index (χ1v) is 6.52. The molecular weight excluding hydrogens is 243 g/mol. The molecule has 0 radical (unpaired) electrons. The second-order valence-electron chi connectivity index (χ2n) is 6.03. The lowest BCUT2D eigenvalue weighted by molar-refractivity contribution is -0.117. The van der Waals surface area contributed by atoms with Gasteiger partial charge in [-0.15, -0.1) is 0 Å². The van der Waals surface area contributed by atoms with Crippen molar-refractivity contribution in [3.8, 4) is 0 Å². The number of hydrogen-bond acceptors (Lipinski definition) is 2. The molecule has 1 atom stereocenters. The molecule has 0 heterocycles. The van der Waals surface area contributed by atoms with E-state index in [2.05, 4.69) is 33.0 Å². The minimum Gasteiger partial charge on any atom is -0.326 e. The van der Waals surface area contributed by atoms with Crippen LogP contribution in [0.25, 0.3) is 0 Å². The van der Waals surface area contributed by atoms with Gasteiger partial charge in [0.2, 0.25) is 5.91 Å². The normalized spacial score (nSPS) is 13.2. The van der Waals surface area contributed by atoms with Crippen LogP contribution in [-0.4, -0.2) is 5.91 Å². The van der Waals surface area contributed by atoms with Gasteiger partial charge in [-0.3, -0.25) is 4.79 Å². The van der Waals surface area contributed by atoms with E-state index in [9.17, 15) is 9.18 Å². The Balaban J connectivity index is 2.67. The molecule has 0 spiro atoms. The molecule has 3 nitrogen and oxygen atoms in total. The number of nitrogens with one attached hydrogen (secondary N) is 1. The van der Waals surface area contributed by atoms with Gasteiger partial charge in [0.05, 0.1) is 0 Å². The largest absolute Gasteiger partial charge is 0.326 e. The van der Waals surface area contributed by atoms with Crippen LogP contribution in [0.3, 0.4) is 0 Å². The van der Waals surface area contributed by atoms with Crippen molar-refractivity contribution < 1.29 is 9.18 Å². The van der Waals surface area contributed by atoms with Gasteiger partial charge in [0.1, 0.15) is 5.82 Å². The minimum absolute atomic E-state index is 0.0583. The summed E-state index contributed by atoms with van der Waals surface area (Å²) in [7, 11) is 0. The van der Waals surface area contributed by atoms with Crippen molar-refractivity contribution in [2.75, 3.05) is 5.32 Å². The Morgan fingerprint density at radius 1 is 1.42 bits per heavy atom. The lowest BCUT2D eigenvalue weighted by Gasteiger charge is -2.26. The van der Waals surface area contributed by atoms with Crippen LogP contribution >= 0.6 is 0 Å². The Morgan fingerprint density at radius 2 is 2.05 bits per heavy atom. The van der Waals surface area contributed by atoms with E-state index in [4.69, 9.17) is 5.73 Å². The molecule has 0 bridgehead atoms. The van der Waals surface area contributed by atoms with Crippen molar-refractivity contribution in [2.24, 2.45) is 17.1 Å². The fraction of sp³-hybridized carbons (Fsp3) is 0.533. The molecule has 0 saturated heterocycles. The lowest BCUT2D eigenvalue weighted by Crippen LogP contribution is -2.24. The van der Waals surface area contributed by atoms with Crippen molar-refractivity contribution >= 4 is 11.6 Å². The molecule has 0 fully saturated rings. The molecule has 3 N–H and O–H groups in total. The van der Waals surface area contributed by atoms with Gasteiger partial charge in [-0.25, -0.2) is 4.39 Å². The highest BCUT2D eigenvalue weighted by molar-refractivity contribution is 5.90. The zero-order valence-electron chi connectivity index (χ0n) is 12.1. The summed E-state index contributed by atoms with van der Waals surface area (Å²) in [6.45, 7) is 8.49. The predicted octanol–water partition coefficient (Wildman–Crippen LogP) is 3.30. The van der Waals surface area contributed by atoms with E-state index in [1.54, 1.807) is 12.1 Å². The van der Waals surface area contributed by atoms with Crippen LogP contribution in [0.15, 0.2) is 18.2 Å². The third kappa shape index (κ3) is 4.63. The maximum absolute atomic E-state index is 13.3. The van der Waals surface area contributed by atoms with Crippen LogP contribution in [-0.2, 0) is 11.3 Å². The van der Waals surface area contributed by atoms with E-state index in [1.165, 1.54) is 6.07 Å². The average molecular weight is 266 g/mol. The summed E-state index contributed by atoms with van der Waals surface area (Å²) in [6, 6.07) is 4.45. The van der Waals surface area contributed by atoms with E-state index in [0.29, 0.717) is 17.7 Å². The van der Waals surface area contributed by atoms with Gasteiger partial charge in [0, 0.05) is 24.2 Å². The van der Waals surface area contributed by atoms with Crippen molar-refractivity contribution in [2.45, 2.75) is 40.7 Å². The third-order valence-corrected chi connectivity index (χ3v) is 3.52. The van der Waals surface area contributed by atoms with Gasteiger partial charge in [-0.2, -0.15) is 0 Å². The van der Waals surface area contributed by atoms with Crippen molar-refractivity contribution in [3.05, 3.63) is 29.6 Å². The summed E-state index contributed by atoms with van der Waals surface area (Å²) < 4.78 is 13.3. The molecule has 0 aliphatic rings. The van der Waals surface area contributed by atoms with Crippen LogP contribution in [0.2, 0.25) is 0 Å². The van der Waals surface area contributed by atoms with E-state index in [1.807, 2.05) is 0 Å². The molecule has 4 heteroatoms. The molecule has 1 rings (SSSR count). The summed E-state index contributed by atoms with van der Waals surface area (Å²) in [6.07, 6.45) is 0.443. The summed E-state index contributed by atoms with van der Waals surface area (Å²) in [5.74, 6) is -0.137. The number of halogens is 1.